The van der Waals surface area contributed by atoms with Crippen LogP contribution < -0.4 is 10.1 Å². The molecular weight excluding hydrogens is 378 g/mol. The Morgan fingerprint density at radius 2 is 1.60 bits per heavy atom. The Balaban J connectivity index is 1.25. The minimum Gasteiger partial charge on any atom is -0.497 e. The number of piperazine rings is 1. The molecule has 4 rings (SSSR count). The van der Waals surface area contributed by atoms with Gasteiger partial charge in [-0.2, -0.15) is 0 Å². The van der Waals surface area contributed by atoms with E-state index in [1.807, 2.05) is 24.3 Å². The average Bonchev–Trinajstić information content (AvgIpc) is 3.29. The first-order chi connectivity index (χ1) is 14.7. The van der Waals surface area contributed by atoms with Gasteiger partial charge in [0.25, 0.3) is 5.91 Å². The molecule has 0 aliphatic carbocycles. The summed E-state index contributed by atoms with van der Waals surface area (Å²) >= 11 is 0. The van der Waals surface area contributed by atoms with Crippen molar-refractivity contribution in [2.24, 2.45) is 0 Å². The van der Waals surface area contributed by atoms with Gasteiger partial charge in [-0.1, -0.05) is 12.1 Å². The highest BCUT2D eigenvalue weighted by Crippen LogP contribution is 2.16. The number of carbonyl (C=O) groups excluding carboxylic acids is 1. The molecule has 0 unspecified atom stereocenters. The number of furan rings is 1. The topological polar surface area (TPSA) is 58.0 Å². The van der Waals surface area contributed by atoms with Gasteiger partial charge in [0.15, 0.2) is 0 Å². The van der Waals surface area contributed by atoms with Crippen molar-refractivity contribution in [2.45, 2.75) is 13.1 Å². The van der Waals surface area contributed by atoms with Gasteiger partial charge in [0, 0.05) is 44.0 Å². The molecule has 6 nitrogen and oxygen atoms in total. The number of hydrogen-bond acceptors (Lipinski definition) is 5. The molecule has 0 bridgehead atoms. The molecule has 1 amide bonds. The smallest absolute Gasteiger partial charge is 0.255 e. The Bertz CT molecular complexity index is 929. The van der Waals surface area contributed by atoms with E-state index in [4.69, 9.17) is 9.15 Å². The Kier molecular flexibility index (Phi) is 6.47. The second-order valence-corrected chi connectivity index (χ2v) is 7.51. The van der Waals surface area contributed by atoms with Crippen LogP contribution in [0, 0.1) is 0 Å². The lowest BCUT2D eigenvalue weighted by atomic mass is 10.1. The van der Waals surface area contributed by atoms with Crippen LogP contribution in [0.25, 0.3) is 0 Å². The summed E-state index contributed by atoms with van der Waals surface area (Å²) in [5, 5.41) is 2.94. The van der Waals surface area contributed by atoms with Crippen molar-refractivity contribution in [2.75, 3.05) is 38.6 Å². The third-order valence-corrected chi connectivity index (χ3v) is 5.39. The van der Waals surface area contributed by atoms with Crippen LogP contribution in [-0.4, -0.2) is 49.0 Å². The van der Waals surface area contributed by atoms with Gasteiger partial charge < -0.3 is 14.5 Å². The Labute approximate surface area is 177 Å². The molecule has 1 aliphatic rings. The van der Waals surface area contributed by atoms with E-state index in [-0.39, 0.29) is 5.91 Å². The van der Waals surface area contributed by atoms with Crippen LogP contribution in [0.3, 0.4) is 0 Å². The maximum atomic E-state index is 12.4. The Morgan fingerprint density at radius 1 is 0.933 bits per heavy atom. The molecule has 30 heavy (non-hydrogen) atoms. The standard InChI is InChI=1S/C24H27N3O3/c1-29-22-10-6-20(7-11-22)24(28)25-21-8-4-19(5-9-21)17-26-12-14-27(15-13-26)18-23-3-2-16-30-23/h2-11,16H,12-15,17-18H2,1H3,(H,25,28). The number of anilines is 1. The summed E-state index contributed by atoms with van der Waals surface area (Å²) in [4.78, 5) is 17.3. The monoisotopic (exact) mass is 405 g/mol. The van der Waals surface area contributed by atoms with Crippen molar-refractivity contribution >= 4 is 11.6 Å². The molecular formula is C24H27N3O3. The third kappa shape index (κ3) is 5.28. The molecule has 1 aliphatic heterocycles. The van der Waals surface area contributed by atoms with Crippen molar-refractivity contribution in [1.82, 2.24) is 9.80 Å². The van der Waals surface area contributed by atoms with Gasteiger partial charge in [0.1, 0.15) is 11.5 Å². The number of carbonyl (C=O) groups is 1. The molecule has 2 heterocycles. The fourth-order valence-corrected chi connectivity index (χ4v) is 3.63. The van der Waals surface area contributed by atoms with Crippen LogP contribution in [-0.2, 0) is 13.1 Å². The highest BCUT2D eigenvalue weighted by molar-refractivity contribution is 6.04. The number of hydrogen-bond donors (Lipinski definition) is 1. The van der Waals surface area contributed by atoms with Gasteiger partial charge in [-0.15, -0.1) is 0 Å². The summed E-state index contributed by atoms with van der Waals surface area (Å²) in [5.74, 6) is 1.63. The summed E-state index contributed by atoms with van der Waals surface area (Å²) in [7, 11) is 1.61. The van der Waals surface area contributed by atoms with Crippen LogP contribution in [0.5, 0.6) is 5.75 Å². The zero-order valence-corrected chi connectivity index (χ0v) is 17.2. The third-order valence-electron chi connectivity index (χ3n) is 5.39. The summed E-state index contributed by atoms with van der Waals surface area (Å²) < 4.78 is 10.6. The molecule has 0 atom stereocenters. The average molecular weight is 405 g/mol. The van der Waals surface area contributed by atoms with Gasteiger partial charge in [0.05, 0.1) is 19.9 Å². The number of benzene rings is 2. The number of nitrogens with zero attached hydrogens (tertiary/aromatic N) is 2. The summed E-state index contributed by atoms with van der Waals surface area (Å²) in [5.41, 5.74) is 2.65. The molecule has 156 valence electrons. The summed E-state index contributed by atoms with van der Waals surface area (Å²) in [6.07, 6.45) is 1.73. The van der Waals surface area contributed by atoms with E-state index < -0.39 is 0 Å². The van der Waals surface area contributed by atoms with E-state index in [2.05, 4.69) is 27.2 Å². The van der Waals surface area contributed by atoms with E-state index in [1.54, 1.807) is 37.6 Å². The predicted octanol–water partition coefficient (Wildman–Crippen LogP) is 3.86. The fraction of sp³-hybridized carbons (Fsp3) is 0.292. The molecule has 0 radical (unpaired) electrons. The summed E-state index contributed by atoms with van der Waals surface area (Å²) in [6, 6.07) is 19.1. The van der Waals surface area contributed by atoms with Crippen LogP contribution in [0.15, 0.2) is 71.3 Å². The molecule has 2 aromatic carbocycles. The second kappa shape index (κ2) is 9.61. The maximum absolute atomic E-state index is 12.4. The minimum absolute atomic E-state index is 0.127. The lowest BCUT2D eigenvalue weighted by molar-refractivity contribution is 0.102. The second-order valence-electron chi connectivity index (χ2n) is 7.51. The van der Waals surface area contributed by atoms with E-state index >= 15 is 0 Å². The first kappa shape index (κ1) is 20.2. The summed E-state index contributed by atoms with van der Waals surface area (Å²) in [6.45, 7) is 5.95. The molecule has 6 heteroatoms. The molecule has 3 aromatic rings. The van der Waals surface area contributed by atoms with Gasteiger partial charge in [0.2, 0.25) is 0 Å². The lowest BCUT2D eigenvalue weighted by Crippen LogP contribution is -2.45. The zero-order valence-electron chi connectivity index (χ0n) is 17.2. The van der Waals surface area contributed by atoms with Crippen molar-refractivity contribution in [3.63, 3.8) is 0 Å². The highest BCUT2D eigenvalue weighted by atomic mass is 16.5. The SMILES string of the molecule is COc1ccc(C(=O)Nc2ccc(CN3CCN(Cc4ccco4)CC3)cc2)cc1. The molecule has 1 N–H and O–H groups in total. The van der Waals surface area contributed by atoms with Crippen LogP contribution in [0.1, 0.15) is 21.7 Å². The van der Waals surface area contributed by atoms with Crippen molar-refractivity contribution in [1.29, 1.82) is 0 Å². The van der Waals surface area contributed by atoms with E-state index in [0.717, 1.165) is 56.5 Å². The molecule has 1 saturated heterocycles. The quantitative estimate of drug-likeness (QED) is 0.647. The fourth-order valence-electron chi connectivity index (χ4n) is 3.63. The predicted molar refractivity (Wildman–Crippen MR) is 117 cm³/mol. The highest BCUT2D eigenvalue weighted by Gasteiger charge is 2.18. The molecule has 0 spiro atoms. The van der Waals surface area contributed by atoms with E-state index in [1.165, 1.54) is 5.56 Å². The normalized spacial score (nSPS) is 15.1. The van der Waals surface area contributed by atoms with Gasteiger partial charge in [-0.25, -0.2) is 0 Å². The first-order valence-electron chi connectivity index (χ1n) is 10.2. The molecule has 1 fully saturated rings. The van der Waals surface area contributed by atoms with Crippen LogP contribution >= 0.6 is 0 Å². The van der Waals surface area contributed by atoms with Gasteiger partial charge in [-0.3, -0.25) is 14.6 Å². The van der Waals surface area contributed by atoms with Gasteiger partial charge in [-0.05, 0) is 54.1 Å². The number of ether oxygens (including phenoxy) is 1. The van der Waals surface area contributed by atoms with Crippen molar-refractivity contribution in [3.05, 3.63) is 83.8 Å². The molecule has 1 aromatic heterocycles. The minimum atomic E-state index is -0.127. The molecule has 0 saturated carbocycles. The zero-order chi connectivity index (χ0) is 20.8. The number of nitrogens with one attached hydrogen (secondary N) is 1. The van der Waals surface area contributed by atoms with Crippen molar-refractivity contribution < 1.29 is 13.9 Å². The Hall–Kier alpha value is -3.09. The number of amides is 1. The van der Waals surface area contributed by atoms with Crippen LogP contribution in [0.4, 0.5) is 5.69 Å². The van der Waals surface area contributed by atoms with E-state index in [9.17, 15) is 4.79 Å². The lowest BCUT2D eigenvalue weighted by Gasteiger charge is -2.34. The maximum Gasteiger partial charge on any atom is 0.255 e. The number of methoxy groups -OCH3 is 1. The largest absolute Gasteiger partial charge is 0.497 e. The number of rotatable bonds is 7. The first-order valence-corrected chi connectivity index (χ1v) is 10.2. The van der Waals surface area contributed by atoms with Gasteiger partial charge >= 0.3 is 0 Å². The Morgan fingerprint density at radius 3 is 2.20 bits per heavy atom. The van der Waals surface area contributed by atoms with Crippen molar-refractivity contribution in [3.8, 4) is 5.75 Å². The van der Waals surface area contributed by atoms with E-state index in [0.29, 0.717) is 5.56 Å². The van der Waals surface area contributed by atoms with Crippen LogP contribution in [0.2, 0.25) is 0 Å².